The van der Waals surface area contributed by atoms with Crippen LogP contribution in [0.1, 0.15) is 27.7 Å². The summed E-state index contributed by atoms with van der Waals surface area (Å²) in [5, 5.41) is 2.92. The fourth-order valence-electron chi connectivity index (χ4n) is 2.17. The molecule has 1 heterocycles. The molecule has 0 amide bonds. The minimum atomic E-state index is -0.0727. The summed E-state index contributed by atoms with van der Waals surface area (Å²) in [6, 6.07) is 7.33. The summed E-state index contributed by atoms with van der Waals surface area (Å²) in [6.45, 7) is 7.94. The number of rotatable bonds is 4. The third kappa shape index (κ3) is 4.52. The lowest BCUT2D eigenvalue weighted by molar-refractivity contribution is 0.243. The molecule has 0 spiro atoms. The van der Waals surface area contributed by atoms with E-state index in [1.54, 1.807) is 24.9 Å². The van der Waals surface area contributed by atoms with Gasteiger partial charge in [0, 0.05) is 37.1 Å². The van der Waals surface area contributed by atoms with Crippen LogP contribution in [-0.2, 0) is 7.05 Å². The number of aryl methyl sites for hydroxylation is 1. The number of nitrogens with two attached hydrogens (primary N) is 1. The molecule has 0 saturated carbocycles. The van der Waals surface area contributed by atoms with Crippen LogP contribution in [0, 0.1) is 0 Å². The second-order valence-corrected chi connectivity index (χ2v) is 5.23. The Bertz CT molecular complexity index is 706. The largest absolute Gasteiger partial charge is 0.490 e. The molecule has 1 aromatic heterocycles. The van der Waals surface area contributed by atoms with Gasteiger partial charge in [0.25, 0.3) is 5.56 Å². The van der Waals surface area contributed by atoms with Gasteiger partial charge in [-0.05, 0) is 38.1 Å². The van der Waals surface area contributed by atoms with Crippen molar-refractivity contribution in [2.75, 3.05) is 18.1 Å². The summed E-state index contributed by atoms with van der Waals surface area (Å²) < 4.78 is 7.38. The van der Waals surface area contributed by atoms with Crippen molar-refractivity contribution in [2.45, 2.75) is 33.8 Å². The zero-order valence-electron chi connectivity index (χ0n) is 14.8. The normalized spacial score (nSPS) is 10.0. The number of nitrogens with zero attached hydrogens (tertiary/aromatic N) is 1. The molecular weight excluding hydrogens is 290 g/mol. The Morgan fingerprint density at radius 2 is 1.87 bits per heavy atom. The van der Waals surface area contributed by atoms with Crippen LogP contribution in [0.25, 0.3) is 11.1 Å². The highest BCUT2D eigenvalue weighted by atomic mass is 16.5. The van der Waals surface area contributed by atoms with E-state index in [9.17, 15) is 4.79 Å². The Hall–Kier alpha value is -2.43. The van der Waals surface area contributed by atoms with Crippen LogP contribution in [0.3, 0.4) is 0 Å². The second kappa shape index (κ2) is 8.27. The average molecular weight is 317 g/mol. The quantitative estimate of drug-likeness (QED) is 0.847. The van der Waals surface area contributed by atoms with Crippen molar-refractivity contribution in [3.05, 3.63) is 40.8 Å². The third-order valence-electron chi connectivity index (χ3n) is 3.13. The number of hydrogen-bond acceptors (Lipinski definition) is 4. The lowest BCUT2D eigenvalue weighted by Gasteiger charge is -2.16. The van der Waals surface area contributed by atoms with Gasteiger partial charge in [-0.1, -0.05) is 13.8 Å². The predicted octanol–water partition coefficient (Wildman–Crippen LogP) is 3.49. The fraction of sp³-hybridized carbons (Fsp3) is 0.389. The molecule has 0 aliphatic carbocycles. The molecule has 0 atom stereocenters. The van der Waals surface area contributed by atoms with E-state index in [0.717, 1.165) is 16.9 Å². The molecule has 0 bridgehead atoms. The molecule has 2 aromatic rings. The van der Waals surface area contributed by atoms with E-state index in [1.165, 1.54) is 0 Å². The van der Waals surface area contributed by atoms with Gasteiger partial charge in [-0.2, -0.15) is 0 Å². The number of aromatic nitrogens is 1. The van der Waals surface area contributed by atoms with Crippen molar-refractivity contribution in [1.82, 2.24) is 4.57 Å². The molecule has 3 N–H and O–H groups in total. The Labute approximate surface area is 138 Å². The Morgan fingerprint density at radius 3 is 2.43 bits per heavy atom. The van der Waals surface area contributed by atoms with Crippen molar-refractivity contribution < 1.29 is 4.74 Å². The van der Waals surface area contributed by atoms with E-state index in [-0.39, 0.29) is 11.7 Å². The first kappa shape index (κ1) is 18.6. The molecule has 0 aliphatic heterocycles. The number of anilines is 2. The Balaban J connectivity index is 0.00000127. The number of hydrogen-bond donors (Lipinski definition) is 2. The van der Waals surface area contributed by atoms with Gasteiger partial charge in [0.1, 0.15) is 11.4 Å². The third-order valence-corrected chi connectivity index (χ3v) is 3.13. The average Bonchev–Trinajstić information content (AvgIpc) is 2.53. The van der Waals surface area contributed by atoms with Gasteiger partial charge in [0.2, 0.25) is 0 Å². The van der Waals surface area contributed by atoms with Crippen LogP contribution in [0.4, 0.5) is 11.4 Å². The summed E-state index contributed by atoms with van der Waals surface area (Å²) in [4.78, 5) is 12.0. The Morgan fingerprint density at radius 1 is 1.22 bits per heavy atom. The molecule has 126 valence electrons. The van der Waals surface area contributed by atoms with Gasteiger partial charge in [-0.15, -0.1) is 0 Å². The van der Waals surface area contributed by atoms with Crippen molar-refractivity contribution >= 4 is 11.4 Å². The van der Waals surface area contributed by atoms with Crippen molar-refractivity contribution in [3.8, 4) is 16.9 Å². The molecule has 23 heavy (non-hydrogen) atoms. The van der Waals surface area contributed by atoms with Gasteiger partial charge in [-0.3, -0.25) is 4.79 Å². The van der Waals surface area contributed by atoms with Crippen LogP contribution in [-0.4, -0.2) is 17.7 Å². The van der Waals surface area contributed by atoms with E-state index in [1.807, 2.05) is 52.0 Å². The minimum absolute atomic E-state index is 0.0590. The number of nitrogen functional groups attached to an aromatic ring is 1. The minimum Gasteiger partial charge on any atom is -0.490 e. The van der Waals surface area contributed by atoms with E-state index in [4.69, 9.17) is 10.5 Å². The summed E-state index contributed by atoms with van der Waals surface area (Å²) in [7, 11) is 3.45. The first-order valence-corrected chi connectivity index (χ1v) is 7.87. The van der Waals surface area contributed by atoms with Crippen LogP contribution in [0.15, 0.2) is 35.3 Å². The zero-order valence-corrected chi connectivity index (χ0v) is 14.8. The van der Waals surface area contributed by atoms with Gasteiger partial charge in [0.05, 0.1) is 6.10 Å². The van der Waals surface area contributed by atoms with E-state index < -0.39 is 0 Å². The number of benzene rings is 1. The van der Waals surface area contributed by atoms with Crippen LogP contribution >= 0.6 is 0 Å². The monoisotopic (exact) mass is 317 g/mol. The van der Waals surface area contributed by atoms with Gasteiger partial charge in [-0.25, -0.2) is 0 Å². The van der Waals surface area contributed by atoms with Crippen LogP contribution in [0.5, 0.6) is 5.75 Å². The summed E-state index contributed by atoms with van der Waals surface area (Å²) in [5.74, 6) is 0.750. The molecule has 0 fully saturated rings. The van der Waals surface area contributed by atoms with Crippen molar-refractivity contribution in [2.24, 2.45) is 7.05 Å². The zero-order chi connectivity index (χ0) is 17.6. The van der Waals surface area contributed by atoms with Crippen LogP contribution < -0.4 is 21.3 Å². The second-order valence-electron chi connectivity index (χ2n) is 5.23. The van der Waals surface area contributed by atoms with Gasteiger partial charge < -0.3 is 20.4 Å². The van der Waals surface area contributed by atoms with Crippen molar-refractivity contribution in [1.29, 1.82) is 0 Å². The standard InChI is InChI=1S/C16H21N3O2.C2H6/c1-10(2)21-15-6-5-12(17)8-13(15)11-7-14(18-3)16(20)19(4)9-11;1-2/h5-10,18H,17H2,1-4H3;1-2H3. The maximum atomic E-state index is 12.0. The molecule has 5 nitrogen and oxygen atoms in total. The molecular formula is C18H27N3O2. The highest BCUT2D eigenvalue weighted by Gasteiger charge is 2.12. The highest BCUT2D eigenvalue weighted by Crippen LogP contribution is 2.33. The molecule has 2 rings (SSSR count). The first-order chi connectivity index (χ1) is 10.9. The SMILES string of the molecule is CC.CNc1cc(-c2cc(N)ccc2OC(C)C)cn(C)c1=O. The van der Waals surface area contributed by atoms with Gasteiger partial charge >= 0.3 is 0 Å². The topological polar surface area (TPSA) is 69.3 Å². The fourth-order valence-corrected chi connectivity index (χ4v) is 2.17. The number of pyridine rings is 1. The number of nitrogens with one attached hydrogen (secondary N) is 1. The smallest absolute Gasteiger partial charge is 0.273 e. The molecule has 0 radical (unpaired) electrons. The van der Waals surface area contributed by atoms with Crippen molar-refractivity contribution in [3.63, 3.8) is 0 Å². The summed E-state index contributed by atoms with van der Waals surface area (Å²) in [5.41, 5.74) is 8.76. The summed E-state index contributed by atoms with van der Waals surface area (Å²) >= 11 is 0. The summed E-state index contributed by atoms with van der Waals surface area (Å²) in [6.07, 6.45) is 1.84. The maximum absolute atomic E-state index is 12.0. The molecule has 1 aromatic carbocycles. The molecule has 5 heteroatoms. The Kier molecular flexibility index (Phi) is 6.69. The lowest BCUT2D eigenvalue weighted by Crippen LogP contribution is -2.19. The van der Waals surface area contributed by atoms with E-state index in [0.29, 0.717) is 11.4 Å². The maximum Gasteiger partial charge on any atom is 0.273 e. The molecule has 0 unspecified atom stereocenters. The van der Waals surface area contributed by atoms with Gasteiger partial charge in [0.15, 0.2) is 0 Å². The predicted molar refractivity (Wildman–Crippen MR) is 98.2 cm³/mol. The highest BCUT2D eigenvalue weighted by molar-refractivity contribution is 5.75. The van der Waals surface area contributed by atoms with E-state index >= 15 is 0 Å². The molecule has 0 saturated heterocycles. The first-order valence-electron chi connectivity index (χ1n) is 7.87. The lowest BCUT2D eigenvalue weighted by atomic mass is 10.0. The van der Waals surface area contributed by atoms with Crippen LogP contribution in [0.2, 0.25) is 0 Å². The van der Waals surface area contributed by atoms with E-state index in [2.05, 4.69) is 5.32 Å². The number of ether oxygens (including phenoxy) is 1. The molecule has 0 aliphatic rings.